The second-order valence-electron chi connectivity index (χ2n) is 8.55. The van der Waals surface area contributed by atoms with Crippen LogP contribution in [0, 0.1) is 5.82 Å². The number of allylic oxidation sites excluding steroid dienone is 1. The molecule has 0 saturated heterocycles. The van der Waals surface area contributed by atoms with Gasteiger partial charge in [-0.3, -0.25) is 14.3 Å². The molecule has 1 amide bonds. The van der Waals surface area contributed by atoms with Crippen molar-refractivity contribution in [1.29, 1.82) is 0 Å². The average molecular weight is 492 g/mol. The van der Waals surface area contributed by atoms with Crippen LogP contribution in [0.2, 0.25) is 0 Å². The molecule has 186 valence electrons. The first-order valence-electron chi connectivity index (χ1n) is 11.6. The molecule has 0 spiro atoms. The Morgan fingerprint density at radius 3 is 2.81 bits per heavy atom. The fourth-order valence-corrected chi connectivity index (χ4v) is 4.25. The average Bonchev–Trinajstić information content (AvgIpc) is 3.18. The van der Waals surface area contributed by atoms with Crippen molar-refractivity contribution in [3.63, 3.8) is 0 Å². The number of imidazole rings is 1. The largest absolute Gasteiger partial charge is 0.346 e. The Morgan fingerprint density at radius 1 is 1.22 bits per heavy atom. The number of nitrogens with two attached hydrogens (primary N) is 1. The lowest BCUT2D eigenvalue weighted by molar-refractivity contribution is -0.122. The van der Waals surface area contributed by atoms with E-state index in [1.54, 1.807) is 55.6 Å². The highest BCUT2D eigenvalue weighted by Crippen LogP contribution is 2.31. The second-order valence-corrected chi connectivity index (χ2v) is 8.55. The summed E-state index contributed by atoms with van der Waals surface area (Å²) in [7, 11) is 0. The van der Waals surface area contributed by atoms with Crippen LogP contribution >= 0.6 is 0 Å². The molecular weight excluding hydrogens is 464 g/mol. The van der Waals surface area contributed by atoms with Gasteiger partial charge in [0.1, 0.15) is 12.4 Å². The van der Waals surface area contributed by atoms with Crippen LogP contribution in [0.4, 0.5) is 8.78 Å². The number of nitrogens with zero attached hydrogens (tertiary/aromatic N) is 2. The standard InChI is InChI=1S/C27H27F2N5O2/c1-17(30)20-15-18(11-12-21(20)29)19-7-6-14-31-26(19)23(9-4-5-13-28)32-25(35)16-34-24-10-3-2-8-22(24)33-27(34)36/h2-3,5-8,10-15,17,23H,4,9,16,30H2,1H3,(H,32,35)(H,33,36)/b13-5+/t17-,23+/m1/s1. The van der Waals surface area contributed by atoms with E-state index in [4.69, 9.17) is 5.73 Å². The number of amides is 1. The van der Waals surface area contributed by atoms with Gasteiger partial charge in [-0.25, -0.2) is 13.6 Å². The minimum absolute atomic E-state index is 0.203. The molecule has 0 aliphatic rings. The van der Waals surface area contributed by atoms with Gasteiger partial charge in [-0.15, -0.1) is 0 Å². The van der Waals surface area contributed by atoms with Crippen molar-refractivity contribution < 1.29 is 13.6 Å². The summed E-state index contributed by atoms with van der Waals surface area (Å²) in [5.74, 6) is -0.802. The third-order valence-corrected chi connectivity index (χ3v) is 6.00. The molecule has 36 heavy (non-hydrogen) atoms. The van der Waals surface area contributed by atoms with Gasteiger partial charge in [0.2, 0.25) is 5.91 Å². The van der Waals surface area contributed by atoms with Gasteiger partial charge in [0, 0.05) is 23.4 Å². The molecule has 7 nitrogen and oxygen atoms in total. The molecular formula is C27H27F2N5O2. The van der Waals surface area contributed by atoms with E-state index in [0.717, 1.165) is 0 Å². The molecule has 9 heteroatoms. The number of rotatable bonds is 9. The Hall–Kier alpha value is -4.11. The van der Waals surface area contributed by atoms with Crippen LogP contribution in [0.5, 0.6) is 0 Å². The number of carbonyl (C=O) groups excluding carboxylic acids is 1. The van der Waals surface area contributed by atoms with E-state index in [9.17, 15) is 18.4 Å². The maximum absolute atomic E-state index is 14.3. The van der Waals surface area contributed by atoms with Crippen molar-refractivity contribution in [2.45, 2.75) is 38.4 Å². The predicted octanol–water partition coefficient (Wildman–Crippen LogP) is 4.67. The van der Waals surface area contributed by atoms with E-state index in [1.165, 1.54) is 16.7 Å². The van der Waals surface area contributed by atoms with Crippen LogP contribution in [0.25, 0.3) is 22.2 Å². The Labute approximate surface area is 206 Å². The number of aromatic nitrogens is 3. The van der Waals surface area contributed by atoms with Gasteiger partial charge in [-0.2, -0.15) is 0 Å². The molecule has 2 aromatic carbocycles. The Balaban J connectivity index is 1.67. The normalized spacial score (nSPS) is 13.2. The molecule has 0 aliphatic heterocycles. The minimum atomic E-state index is -0.588. The van der Waals surface area contributed by atoms with E-state index in [0.29, 0.717) is 52.6 Å². The third-order valence-electron chi connectivity index (χ3n) is 6.00. The van der Waals surface area contributed by atoms with Crippen LogP contribution < -0.4 is 16.7 Å². The fourth-order valence-electron chi connectivity index (χ4n) is 4.25. The van der Waals surface area contributed by atoms with Crippen LogP contribution in [0.15, 0.2) is 78.0 Å². The first-order chi connectivity index (χ1) is 17.4. The van der Waals surface area contributed by atoms with Gasteiger partial charge in [0.15, 0.2) is 0 Å². The zero-order valence-electron chi connectivity index (χ0n) is 19.7. The smallest absolute Gasteiger partial charge is 0.326 e. The van der Waals surface area contributed by atoms with Gasteiger partial charge in [0.25, 0.3) is 0 Å². The fraction of sp³-hybridized carbons (Fsp3) is 0.222. The number of fused-ring (bicyclic) bond motifs is 1. The summed E-state index contributed by atoms with van der Waals surface area (Å²) in [6.07, 6.45) is 4.12. The van der Waals surface area contributed by atoms with Crippen molar-refractivity contribution in [2.24, 2.45) is 5.73 Å². The SMILES string of the molecule is C[C@@H](N)c1cc(-c2cccnc2[C@H](CC/C=C/F)NC(=O)Cn2c(=O)[nH]c3ccccc32)ccc1F. The highest BCUT2D eigenvalue weighted by atomic mass is 19.1. The molecule has 4 N–H and O–H groups in total. The zero-order valence-corrected chi connectivity index (χ0v) is 19.7. The number of pyridine rings is 1. The molecule has 2 heterocycles. The number of hydrogen-bond acceptors (Lipinski definition) is 4. The second kappa shape index (κ2) is 11.1. The topological polar surface area (TPSA) is 106 Å². The Bertz CT molecular complexity index is 1460. The quantitative estimate of drug-likeness (QED) is 0.316. The summed E-state index contributed by atoms with van der Waals surface area (Å²) < 4.78 is 28.3. The van der Waals surface area contributed by atoms with Crippen molar-refractivity contribution >= 4 is 16.9 Å². The molecule has 0 bridgehead atoms. The van der Waals surface area contributed by atoms with Crippen LogP contribution in [0.3, 0.4) is 0 Å². The lowest BCUT2D eigenvalue weighted by Gasteiger charge is -2.21. The number of halogens is 2. The molecule has 0 aliphatic carbocycles. The minimum Gasteiger partial charge on any atom is -0.346 e. The van der Waals surface area contributed by atoms with E-state index >= 15 is 0 Å². The van der Waals surface area contributed by atoms with E-state index in [2.05, 4.69) is 15.3 Å². The number of carbonyl (C=O) groups is 1. The van der Waals surface area contributed by atoms with Crippen molar-refractivity contribution in [2.75, 3.05) is 0 Å². The summed E-state index contributed by atoms with van der Waals surface area (Å²) in [6.45, 7) is 1.50. The number of benzene rings is 2. The predicted molar refractivity (Wildman–Crippen MR) is 135 cm³/mol. The summed E-state index contributed by atoms with van der Waals surface area (Å²) in [5, 5.41) is 2.95. The van der Waals surface area contributed by atoms with Gasteiger partial charge in [-0.1, -0.05) is 30.3 Å². The summed E-state index contributed by atoms with van der Waals surface area (Å²) >= 11 is 0. The summed E-state index contributed by atoms with van der Waals surface area (Å²) in [4.78, 5) is 32.8. The summed E-state index contributed by atoms with van der Waals surface area (Å²) in [6, 6.07) is 14.2. The Morgan fingerprint density at radius 2 is 2.03 bits per heavy atom. The molecule has 2 aromatic heterocycles. The van der Waals surface area contributed by atoms with Gasteiger partial charge < -0.3 is 16.0 Å². The van der Waals surface area contributed by atoms with Crippen molar-refractivity contribution in [3.05, 3.63) is 101 Å². The number of para-hydroxylation sites is 2. The highest BCUT2D eigenvalue weighted by molar-refractivity contribution is 5.81. The van der Waals surface area contributed by atoms with E-state index in [-0.39, 0.29) is 6.54 Å². The first kappa shape index (κ1) is 25.0. The van der Waals surface area contributed by atoms with Crippen LogP contribution in [-0.2, 0) is 11.3 Å². The molecule has 0 saturated carbocycles. The van der Waals surface area contributed by atoms with Gasteiger partial charge in [-0.05, 0) is 55.7 Å². The molecule has 4 aromatic rings. The molecule has 4 rings (SSSR count). The van der Waals surface area contributed by atoms with Gasteiger partial charge >= 0.3 is 5.69 Å². The van der Waals surface area contributed by atoms with Crippen LogP contribution in [-0.4, -0.2) is 20.4 Å². The number of aromatic amines is 1. The number of nitrogens with one attached hydrogen (secondary N) is 2. The Kier molecular flexibility index (Phi) is 7.70. The third kappa shape index (κ3) is 5.41. The first-order valence-corrected chi connectivity index (χ1v) is 11.6. The highest BCUT2D eigenvalue weighted by Gasteiger charge is 2.21. The maximum atomic E-state index is 14.3. The number of hydrogen-bond donors (Lipinski definition) is 3. The van der Waals surface area contributed by atoms with Crippen LogP contribution in [0.1, 0.15) is 43.1 Å². The van der Waals surface area contributed by atoms with E-state index in [1.807, 2.05) is 6.07 Å². The maximum Gasteiger partial charge on any atom is 0.326 e. The van der Waals surface area contributed by atoms with E-state index < -0.39 is 29.5 Å². The monoisotopic (exact) mass is 491 g/mol. The molecule has 0 unspecified atom stereocenters. The van der Waals surface area contributed by atoms with Gasteiger partial charge in [0.05, 0.1) is 29.1 Å². The molecule has 0 fully saturated rings. The summed E-state index contributed by atoms with van der Waals surface area (Å²) in [5.41, 5.74) is 9.09. The van der Waals surface area contributed by atoms with Crippen molar-refractivity contribution in [3.8, 4) is 11.1 Å². The number of H-pyrrole nitrogens is 1. The zero-order chi connectivity index (χ0) is 25.7. The molecule has 2 atom stereocenters. The van der Waals surface area contributed by atoms with Crippen molar-refractivity contribution in [1.82, 2.24) is 19.9 Å². The molecule has 0 radical (unpaired) electrons. The lowest BCUT2D eigenvalue weighted by atomic mass is 9.94. The lowest BCUT2D eigenvalue weighted by Crippen LogP contribution is -2.34.